The molecular formula is C9H13N3OS. The van der Waals surface area contributed by atoms with Crippen molar-refractivity contribution in [3.63, 3.8) is 0 Å². The van der Waals surface area contributed by atoms with E-state index in [0.29, 0.717) is 24.0 Å². The van der Waals surface area contributed by atoms with E-state index in [-0.39, 0.29) is 5.91 Å². The van der Waals surface area contributed by atoms with E-state index in [1.165, 1.54) is 24.2 Å². The van der Waals surface area contributed by atoms with E-state index in [1.54, 1.807) is 0 Å². The van der Waals surface area contributed by atoms with Gasteiger partial charge in [-0.15, -0.1) is 11.3 Å². The molecule has 0 radical (unpaired) electrons. The lowest BCUT2D eigenvalue weighted by molar-refractivity contribution is -0.121. The summed E-state index contributed by atoms with van der Waals surface area (Å²) in [4.78, 5) is 15.4. The number of nitrogen functional groups attached to an aromatic ring is 1. The molecule has 0 bridgehead atoms. The van der Waals surface area contributed by atoms with Crippen molar-refractivity contribution in [2.24, 2.45) is 5.92 Å². The van der Waals surface area contributed by atoms with Crippen LogP contribution in [0, 0.1) is 5.92 Å². The van der Waals surface area contributed by atoms with Crippen LogP contribution in [0.5, 0.6) is 0 Å². The van der Waals surface area contributed by atoms with Crippen molar-refractivity contribution in [3.05, 3.63) is 11.1 Å². The average Bonchev–Trinajstić information content (AvgIpc) is 2.85. The monoisotopic (exact) mass is 211 g/mol. The van der Waals surface area contributed by atoms with Crippen molar-refractivity contribution in [2.45, 2.75) is 25.8 Å². The minimum atomic E-state index is 0.124. The van der Waals surface area contributed by atoms with Crippen LogP contribution in [0.4, 0.5) is 5.13 Å². The SMILES string of the molecule is Nc1nc(CNC(=O)CC2CC2)cs1. The van der Waals surface area contributed by atoms with Gasteiger partial charge in [0.2, 0.25) is 5.91 Å². The molecule has 0 atom stereocenters. The number of hydrogen-bond acceptors (Lipinski definition) is 4. The van der Waals surface area contributed by atoms with Crippen LogP contribution in [0.15, 0.2) is 5.38 Å². The molecule has 1 aliphatic carbocycles. The van der Waals surface area contributed by atoms with E-state index in [0.717, 1.165) is 5.69 Å². The molecule has 0 spiro atoms. The number of amides is 1. The molecule has 0 aromatic carbocycles. The molecule has 1 aliphatic rings. The van der Waals surface area contributed by atoms with Gasteiger partial charge in [0.05, 0.1) is 12.2 Å². The van der Waals surface area contributed by atoms with Crippen LogP contribution >= 0.6 is 11.3 Å². The first-order valence-electron chi connectivity index (χ1n) is 4.70. The van der Waals surface area contributed by atoms with Crippen molar-refractivity contribution < 1.29 is 4.79 Å². The molecule has 1 heterocycles. The number of nitrogens with zero attached hydrogens (tertiary/aromatic N) is 1. The maximum Gasteiger partial charge on any atom is 0.220 e. The molecule has 1 fully saturated rings. The molecule has 0 unspecified atom stereocenters. The van der Waals surface area contributed by atoms with Crippen molar-refractivity contribution in [3.8, 4) is 0 Å². The van der Waals surface area contributed by atoms with Gasteiger partial charge in [0.1, 0.15) is 0 Å². The van der Waals surface area contributed by atoms with Gasteiger partial charge >= 0.3 is 0 Å². The fraction of sp³-hybridized carbons (Fsp3) is 0.556. The van der Waals surface area contributed by atoms with Crippen molar-refractivity contribution >= 4 is 22.4 Å². The summed E-state index contributed by atoms with van der Waals surface area (Å²) in [5.41, 5.74) is 6.31. The van der Waals surface area contributed by atoms with E-state index < -0.39 is 0 Å². The Balaban J connectivity index is 1.73. The first kappa shape index (κ1) is 9.45. The molecule has 76 valence electrons. The lowest BCUT2D eigenvalue weighted by Gasteiger charge is -2.01. The summed E-state index contributed by atoms with van der Waals surface area (Å²) in [7, 11) is 0. The number of aromatic nitrogens is 1. The second-order valence-electron chi connectivity index (χ2n) is 3.60. The molecule has 1 aromatic heterocycles. The Labute approximate surface area is 86.5 Å². The molecule has 0 aliphatic heterocycles. The highest BCUT2D eigenvalue weighted by atomic mass is 32.1. The zero-order valence-corrected chi connectivity index (χ0v) is 8.64. The average molecular weight is 211 g/mol. The molecule has 4 nitrogen and oxygen atoms in total. The van der Waals surface area contributed by atoms with Gasteiger partial charge in [-0.1, -0.05) is 0 Å². The molecule has 1 aromatic rings. The highest BCUT2D eigenvalue weighted by molar-refractivity contribution is 7.13. The number of carbonyl (C=O) groups excluding carboxylic acids is 1. The number of thiazole rings is 1. The number of carbonyl (C=O) groups is 1. The number of nitrogens with two attached hydrogens (primary N) is 1. The smallest absolute Gasteiger partial charge is 0.220 e. The van der Waals surface area contributed by atoms with Crippen LogP contribution in [0.25, 0.3) is 0 Å². The van der Waals surface area contributed by atoms with E-state index >= 15 is 0 Å². The summed E-state index contributed by atoms with van der Waals surface area (Å²) >= 11 is 1.40. The molecule has 14 heavy (non-hydrogen) atoms. The van der Waals surface area contributed by atoms with Gasteiger partial charge in [-0.25, -0.2) is 4.98 Å². The largest absolute Gasteiger partial charge is 0.375 e. The van der Waals surface area contributed by atoms with Gasteiger partial charge in [-0.2, -0.15) is 0 Å². The lowest BCUT2D eigenvalue weighted by atomic mass is 10.3. The highest BCUT2D eigenvalue weighted by Gasteiger charge is 2.24. The van der Waals surface area contributed by atoms with Crippen LogP contribution in [0.1, 0.15) is 25.0 Å². The Bertz CT molecular complexity index is 333. The standard InChI is InChI=1S/C9H13N3OS/c10-9-12-7(5-14-9)4-11-8(13)3-6-1-2-6/h5-6H,1-4H2,(H2,10,12)(H,11,13). The normalized spacial score (nSPS) is 15.4. The Hall–Kier alpha value is -1.10. The van der Waals surface area contributed by atoms with E-state index in [1.807, 2.05) is 5.38 Å². The molecular weight excluding hydrogens is 198 g/mol. The van der Waals surface area contributed by atoms with Gasteiger partial charge in [0.25, 0.3) is 0 Å². The predicted octanol–water partition coefficient (Wildman–Crippen LogP) is 1.14. The maximum atomic E-state index is 11.3. The first-order chi connectivity index (χ1) is 6.74. The topological polar surface area (TPSA) is 68.0 Å². The summed E-state index contributed by atoms with van der Waals surface area (Å²) in [6.45, 7) is 0.499. The van der Waals surface area contributed by atoms with Crippen LogP contribution in [-0.2, 0) is 11.3 Å². The third kappa shape index (κ3) is 2.70. The zero-order valence-electron chi connectivity index (χ0n) is 7.82. The van der Waals surface area contributed by atoms with Crippen LogP contribution < -0.4 is 11.1 Å². The fourth-order valence-electron chi connectivity index (χ4n) is 1.25. The molecule has 2 rings (SSSR count). The van der Waals surface area contributed by atoms with Gasteiger partial charge in [-0.3, -0.25) is 4.79 Å². The predicted molar refractivity (Wildman–Crippen MR) is 55.7 cm³/mol. The molecule has 0 saturated heterocycles. The molecule has 5 heteroatoms. The third-order valence-corrected chi connectivity index (χ3v) is 2.93. The van der Waals surface area contributed by atoms with Gasteiger partial charge in [0, 0.05) is 11.8 Å². The van der Waals surface area contributed by atoms with Crippen LogP contribution in [0.2, 0.25) is 0 Å². The van der Waals surface area contributed by atoms with Crippen LogP contribution in [0.3, 0.4) is 0 Å². The van der Waals surface area contributed by atoms with Gasteiger partial charge in [-0.05, 0) is 18.8 Å². The quantitative estimate of drug-likeness (QED) is 0.784. The van der Waals surface area contributed by atoms with E-state index in [2.05, 4.69) is 10.3 Å². The molecule has 3 N–H and O–H groups in total. The maximum absolute atomic E-state index is 11.3. The second kappa shape index (κ2) is 3.96. The number of anilines is 1. The number of hydrogen-bond donors (Lipinski definition) is 2. The molecule has 1 saturated carbocycles. The zero-order chi connectivity index (χ0) is 9.97. The first-order valence-corrected chi connectivity index (χ1v) is 5.58. The summed E-state index contributed by atoms with van der Waals surface area (Å²) in [5, 5.41) is 5.25. The van der Waals surface area contributed by atoms with Crippen molar-refractivity contribution in [1.82, 2.24) is 10.3 Å². The minimum Gasteiger partial charge on any atom is -0.375 e. The molecule has 1 amide bonds. The summed E-state index contributed by atoms with van der Waals surface area (Å²) in [6, 6.07) is 0. The van der Waals surface area contributed by atoms with E-state index in [4.69, 9.17) is 5.73 Å². The lowest BCUT2D eigenvalue weighted by Crippen LogP contribution is -2.23. The summed E-state index contributed by atoms with van der Waals surface area (Å²) in [5.74, 6) is 0.759. The Morgan fingerprint density at radius 1 is 1.71 bits per heavy atom. The fourth-order valence-corrected chi connectivity index (χ4v) is 1.81. The number of rotatable bonds is 4. The van der Waals surface area contributed by atoms with Crippen molar-refractivity contribution in [2.75, 3.05) is 5.73 Å². The Morgan fingerprint density at radius 2 is 2.50 bits per heavy atom. The number of nitrogens with one attached hydrogen (secondary N) is 1. The summed E-state index contributed by atoms with van der Waals surface area (Å²) < 4.78 is 0. The second-order valence-corrected chi connectivity index (χ2v) is 4.49. The summed E-state index contributed by atoms with van der Waals surface area (Å²) in [6.07, 6.45) is 3.08. The highest BCUT2D eigenvalue weighted by Crippen LogP contribution is 2.32. The Morgan fingerprint density at radius 3 is 3.07 bits per heavy atom. The third-order valence-electron chi connectivity index (χ3n) is 2.21. The van der Waals surface area contributed by atoms with Crippen LogP contribution in [-0.4, -0.2) is 10.9 Å². The minimum absolute atomic E-state index is 0.124. The van der Waals surface area contributed by atoms with Gasteiger partial charge in [0.15, 0.2) is 5.13 Å². The van der Waals surface area contributed by atoms with Gasteiger partial charge < -0.3 is 11.1 Å². The Kier molecular flexibility index (Phi) is 2.67. The van der Waals surface area contributed by atoms with E-state index in [9.17, 15) is 4.79 Å². The van der Waals surface area contributed by atoms with Crippen molar-refractivity contribution in [1.29, 1.82) is 0 Å².